The van der Waals surface area contributed by atoms with Crippen LogP contribution in [-0.4, -0.2) is 13.0 Å². The van der Waals surface area contributed by atoms with Gasteiger partial charge >= 0.3 is 0 Å². The number of hydrogen-bond donors (Lipinski definition) is 1. The second kappa shape index (κ2) is 7.12. The smallest absolute Gasteiger partial charge is 0.251 e. The summed E-state index contributed by atoms with van der Waals surface area (Å²) in [5.41, 5.74) is 4.26. The minimum absolute atomic E-state index is 0.0120. The summed E-state index contributed by atoms with van der Waals surface area (Å²) in [4.78, 5) is 12.4. The van der Waals surface area contributed by atoms with Gasteiger partial charge in [-0.25, -0.2) is 0 Å². The molecular weight excluding hydrogens is 274 g/mol. The molecule has 0 aliphatic heterocycles. The topological polar surface area (TPSA) is 38.3 Å². The summed E-state index contributed by atoms with van der Waals surface area (Å²) in [6, 6.07) is 13.6. The lowest BCUT2D eigenvalue weighted by atomic mass is 9.99. The van der Waals surface area contributed by atoms with Crippen molar-refractivity contribution in [2.24, 2.45) is 0 Å². The maximum Gasteiger partial charge on any atom is 0.251 e. The number of ether oxygens (including phenoxy) is 1. The van der Waals surface area contributed by atoms with Gasteiger partial charge in [-0.15, -0.1) is 0 Å². The maximum atomic E-state index is 12.4. The van der Waals surface area contributed by atoms with Gasteiger partial charge in [0.25, 0.3) is 5.91 Å². The van der Waals surface area contributed by atoms with E-state index in [9.17, 15) is 4.79 Å². The van der Waals surface area contributed by atoms with Crippen molar-refractivity contribution >= 4 is 5.91 Å². The van der Waals surface area contributed by atoms with Gasteiger partial charge in [-0.05, 0) is 55.2 Å². The van der Waals surface area contributed by atoms with Crippen molar-refractivity contribution in [1.82, 2.24) is 5.32 Å². The van der Waals surface area contributed by atoms with E-state index in [4.69, 9.17) is 4.74 Å². The van der Waals surface area contributed by atoms with Crippen molar-refractivity contribution in [2.45, 2.75) is 33.2 Å². The molecule has 116 valence electrons. The number of carbonyl (C=O) groups excluding carboxylic acids is 1. The van der Waals surface area contributed by atoms with Crippen LogP contribution in [0.3, 0.4) is 0 Å². The molecule has 3 nitrogen and oxygen atoms in total. The molecule has 0 saturated carbocycles. The van der Waals surface area contributed by atoms with Crippen LogP contribution in [-0.2, 0) is 0 Å². The van der Waals surface area contributed by atoms with Crippen molar-refractivity contribution in [2.75, 3.05) is 7.11 Å². The van der Waals surface area contributed by atoms with Crippen LogP contribution >= 0.6 is 0 Å². The Kier molecular flexibility index (Phi) is 5.21. The summed E-state index contributed by atoms with van der Waals surface area (Å²) < 4.78 is 5.17. The molecule has 1 amide bonds. The maximum absolute atomic E-state index is 12.4. The van der Waals surface area contributed by atoms with E-state index in [1.165, 1.54) is 11.1 Å². The fraction of sp³-hybridized carbons (Fsp3) is 0.316. The highest BCUT2D eigenvalue weighted by molar-refractivity contribution is 5.94. The molecule has 1 unspecified atom stereocenters. The zero-order valence-corrected chi connectivity index (χ0v) is 13.6. The first-order valence-corrected chi connectivity index (χ1v) is 7.57. The molecular formula is C19H23NO2. The van der Waals surface area contributed by atoms with Gasteiger partial charge in [-0.3, -0.25) is 4.79 Å². The Balaban J connectivity index is 2.18. The number of methoxy groups -OCH3 is 1. The Morgan fingerprint density at radius 2 is 1.91 bits per heavy atom. The third-order valence-corrected chi connectivity index (χ3v) is 3.98. The van der Waals surface area contributed by atoms with Gasteiger partial charge in [-0.1, -0.05) is 31.2 Å². The fourth-order valence-corrected chi connectivity index (χ4v) is 2.41. The van der Waals surface area contributed by atoms with Crippen molar-refractivity contribution in [3.63, 3.8) is 0 Å². The van der Waals surface area contributed by atoms with Crippen molar-refractivity contribution in [3.05, 3.63) is 64.7 Å². The summed E-state index contributed by atoms with van der Waals surface area (Å²) in [5.74, 6) is 0.607. The van der Waals surface area contributed by atoms with Crippen LogP contribution in [0.25, 0.3) is 0 Å². The van der Waals surface area contributed by atoms with Crippen LogP contribution in [0, 0.1) is 13.8 Å². The highest BCUT2D eigenvalue weighted by atomic mass is 16.5. The molecule has 1 atom stereocenters. The van der Waals surface area contributed by atoms with E-state index in [1.807, 2.05) is 12.1 Å². The first-order chi connectivity index (χ1) is 10.5. The van der Waals surface area contributed by atoms with Crippen LogP contribution in [0.5, 0.6) is 5.75 Å². The fourth-order valence-electron chi connectivity index (χ4n) is 2.41. The van der Waals surface area contributed by atoms with Gasteiger partial charge in [-0.2, -0.15) is 0 Å². The number of nitrogens with one attached hydrogen (secondary N) is 1. The number of amides is 1. The molecule has 0 spiro atoms. The first kappa shape index (κ1) is 16.1. The summed E-state index contributed by atoms with van der Waals surface area (Å²) in [7, 11) is 1.60. The van der Waals surface area contributed by atoms with Crippen molar-refractivity contribution in [1.29, 1.82) is 0 Å². The molecule has 2 aromatic rings. The lowest BCUT2D eigenvalue weighted by Gasteiger charge is -2.19. The van der Waals surface area contributed by atoms with E-state index in [2.05, 4.69) is 44.3 Å². The van der Waals surface area contributed by atoms with E-state index < -0.39 is 0 Å². The number of aryl methyl sites for hydroxylation is 2. The number of hydrogen-bond acceptors (Lipinski definition) is 2. The van der Waals surface area contributed by atoms with Crippen LogP contribution < -0.4 is 10.1 Å². The minimum atomic E-state index is -0.0796. The second-order valence-electron chi connectivity index (χ2n) is 5.51. The Morgan fingerprint density at radius 3 is 2.55 bits per heavy atom. The molecule has 1 N–H and O–H groups in total. The largest absolute Gasteiger partial charge is 0.497 e. The zero-order chi connectivity index (χ0) is 16.1. The summed E-state index contributed by atoms with van der Waals surface area (Å²) in [6.45, 7) is 6.26. The highest BCUT2D eigenvalue weighted by Gasteiger charge is 2.15. The average molecular weight is 297 g/mol. The molecule has 0 radical (unpaired) electrons. The van der Waals surface area contributed by atoms with Gasteiger partial charge in [0.15, 0.2) is 0 Å². The van der Waals surface area contributed by atoms with E-state index in [0.29, 0.717) is 11.3 Å². The van der Waals surface area contributed by atoms with Gasteiger partial charge in [0.05, 0.1) is 13.2 Å². The highest BCUT2D eigenvalue weighted by Crippen LogP contribution is 2.21. The van der Waals surface area contributed by atoms with Gasteiger partial charge in [0, 0.05) is 5.56 Å². The third kappa shape index (κ3) is 3.67. The first-order valence-electron chi connectivity index (χ1n) is 7.57. The molecule has 0 bridgehead atoms. The van der Waals surface area contributed by atoms with Crippen LogP contribution in [0.2, 0.25) is 0 Å². The normalized spacial score (nSPS) is 11.8. The molecule has 0 heterocycles. The van der Waals surface area contributed by atoms with E-state index in [0.717, 1.165) is 12.0 Å². The average Bonchev–Trinajstić information content (AvgIpc) is 2.55. The zero-order valence-electron chi connectivity index (χ0n) is 13.6. The Labute approximate surface area is 132 Å². The molecule has 0 aliphatic carbocycles. The monoisotopic (exact) mass is 297 g/mol. The predicted molar refractivity (Wildman–Crippen MR) is 89.4 cm³/mol. The number of rotatable bonds is 5. The van der Waals surface area contributed by atoms with Crippen LogP contribution in [0.4, 0.5) is 0 Å². The van der Waals surface area contributed by atoms with Crippen molar-refractivity contribution in [3.8, 4) is 5.75 Å². The molecule has 2 aromatic carbocycles. The molecule has 0 saturated heterocycles. The molecule has 3 heteroatoms. The van der Waals surface area contributed by atoms with E-state index >= 15 is 0 Å². The molecule has 0 fully saturated rings. The van der Waals surface area contributed by atoms with Gasteiger partial charge in [0.2, 0.25) is 0 Å². The quantitative estimate of drug-likeness (QED) is 0.898. The predicted octanol–water partition coefficient (Wildman–Crippen LogP) is 4.19. The molecule has 2 rings (SSSR count). The van der Waals surface area contributed by atoms with Crippen LogP contribution in [0.1, 0.15) is 46.4 Å². The summed E-state index contributed by atoms with van der Waals surface area (Å²) >= 11 is 0. The Hall–Kier alpha value is -2.29. The molecule has 0 aliphatic rings. The summed E-state index contributed by atoms with van der Waals surface area (Å²) in [6.07, 6.45) is 0.845. The lowest BCUT2D eigenvalue weighted by molar-refractivity contribution is 0.0935. The Bertz CT molecular complexity index is 664. The number of carbonyl (C=O) groups is 1. The van der Waals surface area contributed by atoms with Crippen molar-refractivity contribution < 1.29 is 9.53 Å². The lowest BCUT2D eigenvalue weighted by Crippen LogP contribution is -2.28. The van der Waals surface area contributed by atoms with Gasteiger partial charge < -0.3 is 10.1 Å². The number of benzene rings is 2. The third-order valence-electron chi connectivity index (χ3n) is 3.98. The minimum Gasteiger partial charge on any atom is -0.497 e. The SMILES string of the molecule is CCC(NC(=O)c1cccc(OC)c1)c1ccc(C)c(C)c1. The van der Waals surface area contributed by atoms with E-state index in [-0.39, 0.29) is 11.9 Å². The second-order valence-corrected chi connectivity index (χ2v) is 5.51. The molecule has 0 aromatic heterocycles. The Morgan fingerprint density at radius 1 is 1.14 bits per heavy atom. The van der Waals surface area contributed by atoms with E-state index in [1.54, 1.807) is 19.2 Å². The summed E-state index contributed by atoms with van der Waals surface area (Å²) in [5, 5.41) is 3.10. The standard InChI is InChI=1S/C19H23NO2/c1-5-18(15-10-9-13(2)14(3)11-15)20-19(21)16-7-6-8-17(12-16)22-4/h6-12,18H,5H2,1-4H3,(H,20,21). The molecule has 22 heavy (non-hydrogen) atoms. The van der Waals surface area contributed by atoms with Crippen LogP contribution in [0.15, 0.2) is 42.5 Å². The van der Waals surface area contributed by atoms with Gasteiger partial charge in [0.1, 0.15) is 5.75 Å².